The number of allylic oxidation sites excluding steroid dienone is 14. The highest BCUT2D eigenvalue weighted by Crippen LogP contribution is 2.16. The number of hydrogen-bond donors (Lipinski definition) is 0. The zero-order valence-electron chi connectivity index (χ0n) is 48.1. The molecule has 0 rings (SSSR count). The van der Waals surface area contributed by atoms with Gasteiger partial charge in [-0.05, 0) is 96.3 Å². The molecule has 0 radical (unpaired) electrons. The van der Waals surface area contributed by atoms with Gasteiger partial charge in [-0.1, -0.05) is 273 Å². The van der Waals surface area contributed by atoms with Crippen LogP contribution in [0.15, 0.2) is 85.1 Å². The van der Waals surface area contributed by atoms with Crippen molar-refractivity contribution in [1.29, 1.82) is 0 Å². The van der Waals surface area contributed by atoms with Gasteiger partial charge >= 0.3 is 17.9 Å². The maximum absolute atomic E-state index is 12.8. The van der Waals surface area contributed by atoms with E-state index in [9.17, 15) is 14.4 Å². The normalized spacial score (nSPS) is 12.6. The average Bonchev–Trinajstić information content (AvgIpc) is 3.39. The van der Waals surface area contributed by atoms with Gasteiger partial charge in [0.15, 0.2) is 6.10 Å². The highest BCUT2D eigenvalue weighted by Gasteiger charge is 2.19. The zero-order valence-corrected chi connectivity index (χ0v) is 48.1. The molecular weight excluding hydrogens is 901 g/mol. The molecule has 0 aromatic heterocycles. The Labute approximate surface area is 452 Å². The van der Waals surface area contributed by atoms with E-state index in [0.29, 0.717) is 19.3 Å². The van der Waals surface area contributed by atoms with Gasteiger partial charge < -0.3 is 14.2 Å². The van der Waals surface area contributed by atoms with Gasteiger partial charge in [-0.2, -0.15) is 0 Å². The van der Waals surface area contributed by atoms with E-state index >= 15 is 0 Å². The van der Waals surface area contributed by atoms with Crippen LogP contribution in [-0.2, 0) is 28.6 Å². The van der Waals surface area contributed by atoms with E-state index < -0.39 is 6.10 Å². The second-order valence-electron chi connectivity index (χ2n) is 20.6. The van der Waals surface area contributed by atoms with Gasteiger partial charge in [-0.25, -0.2) is 0 Å². The van der Waals surface area contributed by atoms with Crippen LogP contribution in [0.25, 0.3) is 0 Å². The van der Waals surface area contributed by atoms with E-state index in [0.717, 1.165) is 89.9 Å². The van der Waals surface area contributed by atoms with E-state index in [4.69, 9.17) is 14.2 Å². The Balaban J connectivity index is 4.13. The summed E-state index contributed by atoms with van der Waals surface area (Å²) in [5.41, 5.74) is 0. The minimum absolute atomic E-state index is 0.0905. The highest BCUT2D eigenvalue weighted by molar-refractivity contribution is 5.71. The number of unbranched alkanes of at least 4 members (excludes halogenated alkanes) is 31. The third-order valence-corrected chi connectivity index (χ3v) is 13.4. The van der Waals surface area contributed by atoms with Crippen LogP contribution < -0.4 is 0 Å². The van der Waals surface area contributed by atoms with E-state index in [1.807, 2.05) is 0 Å². The lowest BCUT2D eigenvalue weighted by molar-refractivity contribution is -0.167. The van der Waals surface area contributed by atoms with E-state index in [-0.39, 0.29) is 37.5 Å². The minimum Gasteiger partial charge on any atom is -0.462 e. The molecule has 1 unspecified atom stereocenters. The molecule has 0 saturated heterocycles. The van der Waals surface area contributed by atoms with Gasteiger partial charge in [0.1, 0.15) is 13.2 Å². The molecule has 0 N–H and O–H groups in total. The van der Waals surface area contributed by atoms with Gasteiger partial charge in [-0.15, -0.1) is 0 Å². The Hall–Kier alpha value is -3.41. The Morgan fingerprint density at radius 3 is 0.863 bits per heavy atom. The summed E-state index contributed by atoms with van der Waals surface area (Å²) in [6.45, 7) is 6.48. The predicted molar refractivity (Wildman–Crippen MR) is 316 cm³/mol. The average molecular weight is 1020 g/mol. The lowest BCUT2D eigenvalue weighted by atomic mass is 10.0. The molecule has 73 heavy (non-hydrogen) atoms. The monoisotopic (exact) mass is 1020 g/mol. The first kappa shape index (κ1) is 69.6. The zero-order chi connectivity index (χ0) is 52.9. The van der Waals surface area contributed by atoms with Gasteiger partial charge in [0.05, 0.1) is 0 Å². The fraction of sp³-hybridized carbons (Fsp3) is 0.746. The van der Waals surface area contributed by atoms with Crippen LogP contribution in [0, 0.1) is 0 Å². The number of ether oxygens (including phenoxy) is 3. The molecule has 0 aromatic rings. The molecule has 0 aliphatic carbocycles. The van der Waals surface area contributed by atoms with Crippen LogP contribution in [0.4, 0.5) is 0 Å². The number of carbonyl (C=O) groups is 3. The predicted octanol–water partition coefficient (Wildman–Crippen LogP) is 21.1. The standard InChI is InChI=1S/C67H116O6/c1-4-7-10-13-16-19-21-23-25-26-27-28-29-30-31-32-33-34-35-36-37-38-39-40-42-43-45-48-51-54-57-60-66(69)72-63-64(62-71-65(68)59-56-53-50-47-18-15-12-9-6-3)73-67(70)61-58-55-52-49-46-44-41-24-22-20-17-14-11-8-5-2/h8,11,17,20-21,23-24,26-27,29-30,41,46,49,64H,4-7,9-10,12-16,18-19,22,25,28,31-40,42-45,47-48,50-63H2,1-3H3/b11-8-,20-17-,23-21-,27-26-,30-29-,41-24-,49-46-. The van der Waals surface area contributed by atoms with Crippen LogP contribution in [-0.4, -0.2) is 37.2 Å². The Morgan fingerprint density at radius 2 is 0.534 bits per heavy atom. The molecule has 0 aliphatic heterocycles. The first-order valence-electron chi connectivity index (χ1n) is 31.1. The topological polar surface area (TPSA) is 78.9 Å². The van der Waals surface area contributed by atoms with Gasteiger partial charge in [0.2, 0.25) is 0 Å². The maximum Gasteiger partial charge on any atom is 0.306 e. The molecule has 420 valence electrons. The van der Waals surface area contributed by atoms with Crippen LogP contribution in [0.2, 0.25) is 0 Å². The fourth-order valence-corrected chi connectivity index (χ4v) is 8.74. The summed E-state index contributed by atoms with van der Waals surface area (Å²) in [6.07, 6.45) is 80.4. The third-order valence-electron chi connectivity index (χ3n) is 13.4. The molecule has 0 spiro atoms. The lowest BCUT2D eigenvalue weighted by Gasteiger charge is -2.18. The summed E-state index contributed by atoms with van der Waals surface area (Å²) in [4.78, 5) is 38.0. The first-order chi connectivity index (χ1) is 36.0. The quantitative estimate of drug-likeness (QED) is 0.0261. The molecule has 6 nitrogen and oxygen atoms in total. The Kier molecular flexibility index (Phi) is 58.3. The summed E-state index contributed by atoms with van der Waals surface area (Å²) in [5, 5.41) is 0. The van der Waals surface area contributed by atoms with Crippen LogP contribution in [0.1, 0.15) is 303 Å². The van der Waals surface area contributed by atoms with Crippen molar-refractivity contribution in [2.75, 3.05) is 13.2 Å². The SMILES string of the molecule is CC/C=C\C/C=C\C/C=C\C/C=C\CCCCC(=O)OC(COC(=O)CCCCCCCCCCC)COC(=O)CCCCCCCCCCCCCCCCCC/C=C\C/C=C\C/C=C\CCCCCCC. The maximum atomic E-state index is 12.8. The van der Waals surface area contributed by atoms with Crippen molar-refractivity contribution >= 4 is 17.9 Å². The first-order valence-corrected chi connectivity index (χ1v) is 31.1. The molecule has 0 heterocycles. The Morgan fingerprint density at radius 1 is 0.288 bits per heavy atom. The number of rotatable bonds is 56. The van der Waals surface area contributed by atoms with E-state index in [1.165, 1.54) is 167 Å². The lowest BCUT2D eigenvalue weighted by Crippen LogP contribution is -2.30. The number of hydrogen-bond acceptors (Lipinski definition) is 6. The molecule has 1 atom stereocenters. The van der Waals surface area contributed by atoms with E-state index in [2.05, 4.69) is 106 Å². The second-order valence-corrected chi connectivity index (χ2v) is 20.6. The molecule has 0 amide bonds. The second kappa shape index (κ2) is 61.1. The smallest absolute Gasteiger partial charge is 0.306 e. The van der Waals surface area contributed by atoms with Gasteiger partial charge in [0.25, 0.3) is 0 Å². The molecule has 6 heteroatoms. The molecule has 0 aliphatic rings. The Bertz CT molecular complexity index is 1400. The molecule has 0 bridgehead atoms. The van der Waals surface area contributed by atoms with Gasteiger partial charge in [0, 0.05) is 19.3 Å². The summed E-state index contributed by atoms with van der Waals surface area (Å²) in [5.74, 6) is -0.927. The van der Waals surface area contributed by atoms with Crippen molar-refractivity contribution in [3.05, 3.63) is 85.1 Å². The third kappa shape index (κ3) is 59.3. The summed E-state index contributed by atoms with van der Waals surface area (Å²) in [7, 11) is 0. The fourth-order valence-electron chi connectivity index (χ4n) is 8.74. The van der Waals surface area contributed by atoms with E-state index in [1.54, 1.807) is 0 Å². The summed E-state index contributed by atoms with van der Waals surface area (Å²) >= 11 is 0. The number of carbonyl (C=O) groups excluding carboxylic acids is 3. The highest BCUT2D eigenvalue weighted by atomic mass is 16.6. The van der Waals surface area contributed by atoms with Crippen molar-refractivity contribution in [3.8, 4) is 0 Å². The van der Waals surface area contributed by atoms with Crippen molar-refractivity contribution in [2.45, 2.75) is 309 Å². The molecule has 0 fully saturated rings. The minimum atomic E-state index is -0.795. The molecular formula is C67H116O6. The molecule has 0 saturated carbocycles. The summed E-state index contributed by atoms with van der Waals surface area (Å²) < 4.78 is 16.8. The van der Waals surface area contributed by atoms with Crippen LogP contribution in [0.5, 0.6) is 0 Å². The largest absolute Gasteiger partial charge is 0.462 e. The van der Waals surface area contributed by atoms with Crippen molar-refractivity contribution in [2.24, 2.45) is 0 Å². The van der Waals surface area contributed by atoms with Crippen LogP contribution in [0.3, 0.4) is 0 Å². The summed E-state index contributed by atoms with van der Waals surface area (Å²) in [6, 6.07) is 0. The molecule has 0 aromatic carbocycles. The van der Waals surface area contributed by atoms with Crippen molar-refractivity contribution < 1.29 is 28.6 Å². The van der Waals surface area contributed by atoms with Crippen molar-refractivity contribution in [1.82, 2.24) is 0 Å². The van der Waals surface area contributed by atoms with Crippen molar-refractivity contribution in [3.63, 3.8) is 0 Å². The number of esters is 3. The van der Waals surface area contributed by atoms with Crippen LogP contribution >= 0.6 is 0 Å². The van der Waals surface area contributed by atoms with Gasteiger partial charge in [-0.3, -0.25) is 14.4 Å².